The Morgan fingerprint density at radius 1 is 1.43 bits per heavy atom. The van der Waals surface area contributed by atoms with Crippen LogP contribution in [0.25, 0.3) is 0 Å². The Hall–Kier alpha value is -1.46. The first-order valence-electron chi connectivity index (χ1n) is 8.36. The molecule has 1 aliphatic heterocycles. The summed E-state index contributed by atoms with van der Waals surface area (Å²) in [5.41, 5.74) is 3.75. The van der Waals surface area contributed by atoms with E-state index in [2.05, 4.69) is 25.7 Å². The van der Waals surface area contributed by atoms with Gasteiger partial charge < -0.3 is 0 Å². The van der Waals surface area contributed by atoms with Crippen molar-refractivity contribution < 1.29 is 14.4 Å². The Balaban J connectivity index is 1.89. The van der Waals surface area contributed by atoms with Crippen LogP contribution in [0.15, 0.2) is 12.1 Å². The summed E-state index contributed by atoms with van der Waals surface area (Å²) in [6.07, 6.45) is 4.01. The van der Waals surface area contributed by atoms with Gasteiger partial charge in [-0.15, -0.1) is 0 Å². The third-order valence-corrected chi connectivity index (χ3v) is 5.43. The number of carbonyl (C=O) groups excluding carboxylic acids is 1. The van der Waals surface area contributed by atoms with Crippen LogP contribution in [0, 0.1) is 11.2 Å². The largest absolute Gasteiger partial charge is 0.293 e. The standard InChI is InChI=1S/C18H25FN2O2/c1-4-13-7-15-12(5-11(6-16(15)19)17(22)20-23)10-21(13)14-8-18(2,3)9-14/h5-6,13-14,23H,4,7-10H2,1-3H3,(H,20,22)/t13-/m1/s1. The highest BCUT2D eigenvalue weighted by Gasteiger charge is 2.43. The summed E-state index contributed by atoms with van der Waals surface area (Å²) in [7, 11) is 0. The molecular weight excluding hydrogens is 295 g/mol. The molecule has 1 saturated carbocycles. The molecule has 0 saturated heterocycles. The lowest BCUT2D eigenvalue weighted by Crippen LogP contribution is -2.54. The smallest absolute Gasteiger partial charge is 0.274 e. The Morgan fingerprint density at radius 2 is 2.13 bits per heavy atom. The van der Waals surface area contributed by atoms with E-state index in [1.54, 1.807) is 11.5 Å². The number of nitrogens with one attached hydrogen (secondary N) is 1. The molecule has 0 radical (unpaired) electrons. The number of hydroxylamine groups is 1. The van der Waals surface area contributed by atoms with Gasteiger partial charge in [-0.2, -0.15) is 0 Å². The van der Waals surface area contributed by atoms with Crippen molar-refractivity contribution in [2.75, 3.05) is 0 Å². The fourth-order valence-electron chi connectivity index (χ4n) is 4.19. The van der Waals surface area contributed by atoms with E-state index in [9.17, 15) is 9.18 Å². The SMILES string of the molecule is CC[C@@H]1Cc2c(F)cc(C(=O)NO)cc2CN1C1CC(C)(C)C1. The summed E-state index contributed by atoms with van der Waals surface area (Å²) < 4.78 is 14.4. The molecule has 0 aromatic heterocycles. The molecule has 2 N–H and O–H groups in total. The number of hydrogen-bond acceptors (Lipinski definition) is 3. The van der Waals surface area contributed by atoms with E-state index < -0.39 is 5.91 Å². The van der Waals surface area contributed by atoms with Gasteiger partial charge in [-0.25, -0.2) is 9.87 Å². The first-order valence-corrected chi connectivity index (χ1v) is 8.36. The zero-order valence-electron chi connectivity index (χ0n) is 14.0. The van der Waals surface area contributed by atoms with Gasteiger partial charge in [0.2, 0.25) is 0 Å². The van der Waals surface area contributed by atoms with Gasteiger partial charge in [-0.1, -0.05) is 20.8 Å². The van der Waals surface area contributed by atoms with Crippen LogP contribution in [-0.2, 0) is 13.0 Å². The number of nitrogens with zero attached hydrogens (tertiary/aromatic N) is 1. The minimum absolute atomic E-state index is 0.174. The van der Waals surface area contributed by atoms with Crippen LogP contribution in [-0.4, -0.2) is 28.1 Å². The molecule has 1 aromatic carbocycles. The molecule has 0 unspecified atom stereocenters. The van der Waals surface area contributed by atoms with Crippen LogP contribution in [0.2, 0.25) is 0 Å². The summed E-state index contributed by atoms with van der Waals surface area (Å²) >= 11 is 0. The highest BCUT2D eigenvalue weighted by molar-refractivity contribution is 5.93. The second-order valence-electron chi connectivity index (χ2n) is 7.70. The molecule has 4 nitrogen and oxygen atoms in total. The summed E-state index contributed by atoms with van der Waals surface area (Å²) in [6.45, 7) is 7.40. The molecule has 23 heavy (non-hydrogen) atoms. The van der Waals surface area contributed by atoms with Crippen LogP contribution < -0.4 is 5.48 Å². The highest BCUT2D eigenvalue weighted by Crippen LogP contribution is 2.45. The van der Waals surface area contributed by atoms with E-state index >= 15 is 0 Å². The maximum Gasteiger partial charge on any atom is 0.274 e. The molecule has 1 aromatic rings. The van der Waals surface area contributed by atoms with Gasteiger partial charge in [0, 0.05) is 24.2 Å². The van der Waals surface area contributed by atoms with Crippen molar-refractivity contribution in [2.45, 2.75) is 65.1 Å². The molecule has 5 heteroatoms. The molecule has 0 spiro atoms. The Kier molecular flexibility index (Phi) is 4.19. The summed E-state index contributed by atoms with van der Waals surface area (Å²) in [5, 5.41) is 8.78. The molecule has 3 rings (SSSR count). The minimum atomic E-state index is -0.666. The first kappa shape index (κ1) is 16.4. The zero-order valence-corrected chi connectivity index (χ0v) is 14.0. The van der Waals surface area contributed by atoms with Crippen LogP contribution in [0.4, 0.5) is 4.39 Å². The fourth-order valence-corrected chi connectivity index (χ4v) is 4.19. The van der Waals surface area contributed by atoms with E-state index in [0.717, 1.165) is 30.4 Å². The van der Waals surface area contributed by atoms with Gasteiger partial charge in [-0.3, -0.25) is 14.9 Å². The molecule has 2 aliphatic rings. The Labute approximate surface area is 136 Å². The maximum atomic E-state index is 14.4. The van der Waals surface area contributed by atoms with Crippen LogP contribution in [0.1, 0.15) is 61.5 Å². The summed E-state index contributed by atoms with van der Waals surface area (Å²) in [4.78, 5) is 14.1. The third-order valence-electron chi connectivity index (χ3n) is 5.43. The molecule has 1 amide bonds. The van der Waals surface area contributed by atoms with E-state index in [-0.39, 0.29) is 11.4 Å². The molecular formula is C18H25FN2O2. The lowest BCUT2D eigenvalue weighted by Gasteiger charge is -2.52. The van der Waals surface area contributed by atoms with Gasteiger partial charge in [0.15, 0.2) is 0 Å². The number of halogens is 1. The van der Waals surface area contributed by atoms with Gasteiger partial charge in [0.1, 0.15) is 5.82 Å². The number of amides is 1. The number of carbonyl (C=O) groups is 1. The third kappa shape index (κ3) is 3.00. The lowest BCUT2D eigenvalue weighted by atomic mass is 9.67. The Morgan fingerprint density at radius 3 is 2.70 bits per heavy atom. The number of fused-ring (bicyclic) bond motifs is 1. The van der Waals surface area contributed by atoms with E-state index in [0.29, 0.717) is 30.5 Å². The average Bonchev–Trinajstić information content (AvgIpc) is 2.50. The van der Waals surface area contributed by atoms with Crippen molar-refractivity contribution in [1.29, 1.82) is 0 Å². The zero-order chi connectivity index (χ0) is 16.8. The van der Waals surface area contributed by atoms with E-state index in [4.69, 9.17) is 5.21 Å². The monoisotopic (exact) mass is 320 g/mol. The van der Waals surface area contributed by atoms with Crippen molar-refractivity contribution in [1.82, 2.24) is 10.4 Å². The molecule has 1 heterocycles. The predicted molar refractivity (Wildman–Crippen MR) is 85.8 cm³/mol. The summed E-state index contributed by atoms with van der Waals surface area (Å²) in [6, 6.07) is 3.84. The lowest BCUT2D eigenvalue weighted by molar-refractivity contribution is -0.0128. The second kappa shape index (κ2) is 5.87. The fraction of sp³-hybridized carbons (Fsp3) is 0.611. The quantitative estimate of drug-likeness (QED) is 0.664. The molecule has 0 bridgehead atoms. The average molecular weight is 320 g/mol. The molecule has 1 atom stereocenters. The number of benzene rings is 1. The van der Waals surface area contributed by atoms with Crippen LogP contribution >= 0.6 is 0 Å². The number of hydrogen-bond donors (Lipinski definition) is 2. The van der Waals surface area contributed by atoms with Crippen molar-refractivity contribution in [3.05, 3.63) is 34.6 Å². The van der Waals surface area contributed by atoms with E-state index in [1.165, 1.54) is 6.07 Å². The summed E-state index contributed by atoms with van der Waals surface area (Å²) in [5.74, 6) is -1.01. The van der Waals surface area contributed by atoms with Gasteiger partial charge in [0.25, 0.3) is 5.91 Å². The van der Waals surface area contributed by atoms with Crippen molar-refractivity contribution in [3.63, 3.8) is 0 Å². The highest BCUT2D eigenvalue weighted by atomic mass is 19.1. The molecule has 126 valence electrons. The van der Waals surface area contributed by atoms with Crippen LogP contribution in [0.3, 0.4) is 0 Å². The van der Waals surface area contributed by atoms with E-state index in [1.807, 2.05) is 0 Å². The topological polar surface area (TPSA) is 52.6 Å². The van der Waals surface area contributed by atoms with Crippen molar-refractivity contribution in [2.24, 2.45) is 5.41 Å². The minimum Gasteiger partial charge on any atom is -0.293 e. The van der Waals surface area contributed by atoms with Gasteiger partial charge in [0.05, 0.1) is 0 Å². The van der Waals surface area contributed by atoms with Gasteiger partial charge in [-0.05, 0) is 54.4 Å². The van der Waals surface area contributed by atoms with Gasteiger partial charge >= 0.3 is 0 Å². The predicted octanol–water partition coefficient (Wildman–Crippen LogP) is 3.27. The number of rotatable bonds is 3. The molecule has 1 fully saturated rings. The first-order chi connectivity index (χ1) is 10.8. The normalized spacial score (nSPS) is 24.0. The van der Waals surface area contributed by atoms with Crippen molar-refractivity contribution >= 4 is 5.91 Å². The second-order valence-corrected chi connectivity index (χ2v) is 7.70. The Bertz CT molecular complexity index is 622. The van der Waals surface area contributed by atoms with Crippen molar-refractivity contribution in [3.8, 4) is 0 Å². The molecule has 1 aliphatic carbocycles. The maximum absolute atomic E-state index is 14.4. The van der Waals surface area contributed by atoms with Crippen LogP contribution in [0.5, 0.6) is 0 Å².